The molecule has 1 heterocycles. The fourth-order valence-corrected chi connectivity index (χ4v) is 2.71. The molecule has 1 N–H and O–H groups in total. The number of nitrogens with one attached hydrogen (secondary N) is 1. The molecule has 1 aromatic heterocycles. The van der Waals surface area contributed by atoms with E-state index in [1.54, 1.807) is 0 Å². The van der Waals surface area contributed by atoms with Crippen LogP contribution in [-0.4, -0.2) is 18.1 Å². The van der Waals surface area contributed by atoms with Crippen LogP contribution in [0.15, 0.2) is 5.38 Å². The van der Waals surface area contributed by atoms with Crippen molar-refractivity contribution in [1.29, 1.82) is 0 Å². The van der Waals surface area contributed by atoms with Crippen molar-refractivity contribution < 1.29 is 0 Å². The van der Waals surface area contributed by atoms with Gasteiger partial charge in [-0.1, -0.05) is 13.8 Å². The third-order valence-electron chi connectivity index (χ3n) is 2.94. The fraction of sp³-hybridized carbons (Fsp3) is 0.750. The molecule has 1 fully saturated rings. The van der Waals surface area contributed by atoms with Crippen molar-refractivity contribution >= 4 is 11.3 Å². The van der Waals surface area contributed by atoms with E-state index in [1.165, 1.54) is 30.0 Å². The summed E-state index contributed by atoms with van der Waals surface area (Å²) < 4.78 is 0. The summed E-state index contributed by atoms with van der Waals surface area (Å²) in [5.41, 5.74) is 1.27. The Morgan fingerprint density at radius 1 is 1.60 bits per heavy atom. The summed E-state index contributed by atoms with van der Waals surface area (Å²) >= 11 is 1.84. The summed E-state index contributed by atoms with van der Waals surface area (Å²) in [5.74, 6) is 1.50. The Hall–Kier alpha value is -0.410. The minimum absolute atomic E-state index is 0.550. The molecule has 84 valence electrons. The van der Waals surface area contributed by atoms with Crippen LogP contribution in [0.1, 0.15) is 43.3 Å². The van der Waals surface area contributed by atoms with Gasteiger partial charge < -0.3 is 5.32 Å². The van der Waals surface area contributed by atoms with Gasteiger partial charge in [0.05, 0.1) is 10.7 Å². The average Bonchev–Trinajstić information content (AvgIpc) is 2.91. The maximum absolute atomic E-state index is 4.72. The summed E-state index contributed by atoms with van der Waals surface area (Å²) in [4.78, 5) is 4.72. The minimum atomic E-state index is 0.550. The highest BCUT2D eigenvalue weighted by molar-refractivity contribution is 7.09. The molecule has 0 aliphatic heterocycles. The van der Waals surface area contributed by atoms with E-state index in [2.05, 4.69) is 24.5 Å². The van der Waals surface area contributed by atoms with Crippen LogP contribution in [0, 0.1) is 5.92 Å². The SMILES string of the molecule is CCNCC(C)c1csc(CC2CC2)n1. The molecule has 15 heavy (non-hydrogen) atoms. The summed E-state index contributed by atoms with van der Waals surface area (Å²) in [6, 6.07) is 0. The van der Waals surface area contributed by atoms with Gasteiger partial charge in [0.2, 0.25) is 0 Å². The third-order valence-corrected chi connectivity index (χ3v) is 3.82. The van der Waals surface area contributed by atoms with Crippen LogP contribution < -0.4 is 5.32 Å². The van der Waals surface area contributed by atoms with E-state index in [-0.39, 0.29) is 0 Å². The number of aromatic nitrogens is 1. The summed E-state index contributed by atoms with van der Waals surface area (Å²) in [5, 5.41) is 6.95. The molecule has 0 aromatic carbocycles. The highest BCUT2D eigenvalue weighted by atomic mass is 32.1. The van der Waals surface area contributed by atoms with Crippen molar-refractivity contribution in [3.8, 4) is 0 Å². The van der Waals surface area contributed by atoms with Gasteiger partial charge in [-0.05, 0) is 25.3 Å². The lowest BCUT2D eigenvalue weighted by Gasteiger charge is -2.08. The lowest BCUT2D eigenvalue weighted by Crippen LogP contribution is -2.19. The van der Waals surface area contributed by atoms with Gasteiger partial charge in [0.25, 0.3) is 0 Å². The maximum Gasteiger partial charge on any atom is 0.0931 e. The summed E-state index contributed by atoms with van der Waals surface area (Å²) in [6.45, 7) is 6.48. The second-order valence-corrected chi connectivity index (χ2v) is 5.46. The number of thiazole rings is 1. The molecular weight excluding hydrogens is 204 g/mol. The van der Waals surface area contributed by atoms with Crippen LogP contribution in [0.5, 0.6) is 0 Å². The van der Waals surface area contributed by atoms with E-state index in [4.69, 9.17) is 4.98 Å². The minimum Gasteiger partial charge on any atom is -0.316 e. The Morgan fingerprint density at radius 2 is 2.40 bits per heavy atom. The molecule has 0 saturated heterocycles. The molecule has 0 bridgehead atoms. The summed E-state index contributed by atoms with van der Waals surface area (Å²) in [6.07, 6.45) is 4.06. The fourth-order valence-electron chi connectivity index (χ4n) is 1.68. The number of likely N-dealkylation sites (N-methyl/N-ethyl adjacent to an activating group) is 1. The first-order valence-corrected chi connectivity index (χ1v) is 6.82. The first-order valence-electron chi connectivity index (χ1n) is 5.94. The topological polar surface area (TPSA) is 24.9 Å². The van der Waals surface area contributed by atoms with Crippen molar-refractivity contribution in [1.82, 2.24) is 10.3 Å². The van der Waals surface area contributed by atoms with Crippen LogP contribution >= 0.6 is 11.3 Å². The Bertz CT molecular complexity index is 304. The molecule has 0 radical (unpaired) electrons. The second kappa shape index (κ2) is 5.08. The van der Waals surface area contributed by atoms with Gasteiger partial charge >= 0.3 is 0 Å². The first-order chi connectivity index (χ1) is 7.29. The molecular formula is C12H20N2S. The highest BCUT2D eigenvalue weighted by Crippen LogP contribution is 2.33. The van der Waals surface area contributed by atoms with Crippen LogP contribution in [-0.2, 0) is 6.42 Å². The highest BCUT2D eigenvalue weighted by Gasteiger charge is 2.23. The standard InChI is InChI=1S/C12H20N2S/c1-3-13-7-9(2)11-8-15-12(14-11)6-10-4-5-10/h8-10,13H,3-7H2,1-2H3. The van der Waals surface area contributed by atoms with Crippen molar-refractivity contribution in [3.63, 3.8) is 0 Å². The van der Waals surface area contributed by atoms with Gasteiger partial charge in [-0.15, -0.1) is 11.3 Å². The lowest BCUT2D eigenvalue weighted by atomic mass is 10.1. The summed E-state index contributed by atoms with van der Waals surface area (Å²) in [7, 11) is 0. The first kappa shape index (κ1) is 11.1. The molecule has 1 aliphatic rings. The molecule has 2 nitrogen and oxygen atoms in total. The largest absolute Gasteiger partial charge is 0.316 e. The Morgan fingerprint density at radius 3 is 3.07 bits per heavy atom. The van der Waals surface area contributed by atoms with Gasteiger partial charge in [-0.3, -0.25) is 0 Å². The van der Waals surface area contributed by atoms with E-state index < -0.39 is 0 Å². The zero-order chi connectivity index (χ0) is 10.7. The van der Waals surface area contributed by atoms with Gasteiger partial charge in [0.15, 0.2) is 0 Å². The number of nitrogens with zero attached hydrogens (tertiary/aromatic N) is 1. The Kier molecular flexibility index (Phi) is 3.76. The van der Waals surface area contributed by atoms with E-state index in [1.807, 2.05) is 11.3 Å². The van der Waals surface area contributed by atoms with Crippen LogP contribution in [0.2, 0.25) is 0 Å². The predicted molar refractivity (Wildman–Crippen MR) is 65.5 cm³/mol. The van der Waals surface area contributed by atoms with Gasteiger partial charge in [-0.25, -0.2) is 4.98 Å². The monoisotopic (exact) mass is 224 g/mol. The van der Waals surface area contributed by atoms with Crippen molar-refractivity contribution in [2.45, 2.75) is 39.0 Å². The van der Waals surface area contributed by atoms with E-state index in [9.17, 15) is 0 Å². The van der Waals surface area contributed by atoms with Gasteiger partial charge in [0, 0.05) is 24.3 Å². The van der Waals surface area contributed by atoms with Crippen molar-refractivity contribution in [2.75, 3.05) is 13.1 Å². The van der Waals surface area contributed by atoms with E-state index >= 15 is 0 Å². The number of rotatable bonds is 6. The Balaban J connectivity index is 1.86. The average molecular weight is 224 g/mol. The van der Waals surface area contributed by atoms with E-state index in [0.29, 0.717) is 5.92 Å². The number of hydrogen-bond donors (Lipinski definition) is 1. The second-order valence-electron chi connectivity index (χ2n) is 4.52. The molecule has 2 rings (SSSR count). The lowest BCUT2D eigenvalue weighted by molar-refractivity contribution is 0.623. The normalized spacial score (nSPS) is 18.0. The number of hydrogen-bond acceptors (Lipinski definition) is 3. The third kappa shape index (κ3) is 3.28. The molecule has 1 atom stereocenters. The molecule has 0 spiro atoms. The van der Waals surface area contributed by atoms with Crippen molar-refractivity contribution in [2.24, 2.45) is 5.92 Å². The Labute approximate surface area is 96.1 Å². The smallest absolute Gasteiger partial charge is 0.0931 e. The van der Waals surface area contributed by atoms with Gasteiger partial charge in [-0.2, -0.15) is 0 Å². The molecule has 1 saturated carbocycles. The predicted octanol–water partition coefficient (Wildman–Crippen LogP) is 2.81. The zero-order valence-electron chi connectivity index (χ0n) is 9.62. The zero-order valence-corrected chi connectivity index (χ0v) is 10.4. The molecule has 1 unspecified atom stereocenters. The van der Waals surface area contributed by atoms with Gasteiger partial charge in [0.1, 0.15) is 0 Å². The maximum atomic E-state index is 4.72. The molecule has 1 aromatic rings. The van der Waals surface area contributed by atoms with Crippen molar-refractivity contribution in [3.05, 3.63) is 16.1 Å². The molecule has 0 amide bonds. The molecule has 1 aliphatic carbocycles. The van der Waals surface area contributed by atoms with E-state index in [0.717, 1.165) is 19.0 Å². The van der Waals surface area contributed by atoms with Crippen LogP contribution in [0.4, 0.5) is 0 Å². The quantitative estimate of drug-likeness (QED) is 0.803. The molecule has 3 heteroatoms. The van der Waals surface area contributed by atoms with Crippen LogP contribution in [0.3, 0.4) is 0 Å². The van der Waals surface area contributed by atoms with Crippen LogP contribution in [0.25, 0.3) is 0 Å².